The lowest BCUT2D eigenvalue weighted by atomic mass is 9.97. The molecule has 1 unspecified atom stereocenters. The summed E-state index contributed by atoms with van der Waals surface area (Å²) in [6.07, 6.45) is 6.36. The fourth-order valence-electron chi connectivity index (χ4n) is 3.35. The van der Waals surface area contributed by atoms with E-state index >= 15 is 0 Å². The lowest BCUT2D eigenvalue weighted by Gasteiger charge is -2.37. The molecule has 2 aromatic rings. The Balaban J connectivity index is 1.62. The van der Waals surface area contributed by atoms with Crippen molar-refractivity contribution in [3.8, 4) is 11.3 Å². The number of hydrogen-bond acceptors (Lipinski definition) is 3. The highest BCUT2D eigenvalue weighted by Crippen LogP contribution is 2.22. The molecule has 1 atom stereocenters. The van der Waals surface area contributed by atoms with Gasteiger partial charge in [-0.3, -0.25) is 9.48 Å². The molecule has 5 nitrogen and oxygen atoms in total. The summed E-state index contributed by atoms with van der Waals surface area (Å²) in [5.41, 5.74) is 1.98. The van der Waals surface area contributed by atoms with Gasteiger partial charge in [-0.2, -0.15) is 0 Å². The molecule has 1 fully saturated rings. The Morgan fingerprint density at radius 1 is 1.25 bits per heavy atom. The number of aryl methyl sites for hydroxylation is 1. The summed E-state index contributed by atoms with van der Waals surface area (Å²) in [6.45, 7) is 5.66. The van der Waals surface area contributed by atoms with Gasteiger partial charge in [-0.05, 0) is 25.7 Å². The molecule has 0 radical (unpaired) electrons. The van der Waals surface area contributed by atoms with Crippen molar-refractivity contribution in [2.24, 2.45) is 5.92 Å². The minimum atomic E-state index is 0.0710. The molecule has 0 N–H and O–H groups in total. The Hall–Kier alpha value is -2.17. The van der Waals surface area contributed by atoms with Crippen molar-refractivity contribution in [1.82, 2.24) is 19.9 Å². The molecule has 1 aliphatic rings. The minimum absolute atomic E-state index is 0.0710. The number of likely N-dealkylation sites (tertiary alicyclic amines) is 1. The molecule has 5 heteroatoms. The first-order valence-electron chi connectivity index (χ1n) is 8.91. The Bertz CT molecular complexity index is 665. The van der Waals surface area contributed by atoms with Crippen LogP contribution in [0.15, 0.2) is 36.5 Å². The Kier molecular flexibility index (Phi) is 5.28. The van der Waals surface area contributed by atoms with E-state index in [4.69, 9.17) is 0 Å². The topological polar surface area (TPSA) is 51.0 Å². The third kappa shape index (κ3) is 3.83. The van der Waals surface area contributed by atoms with Crippen LogP contribution in [0.1, 0.15) is 39.5 Å². The summed E-state index contributed by atoms with van der Waals surface area (Å²) in [5, 5.41) is 8.51. The summed E-state index contributed by atoms with van der Waals surface area (Å²) in [7, 11) is 0. The van der Waals surface area contributed by atoms with E-state index in [1.165, 1.54) is 6.42 Å². The van der Waals surface area contributed by atoms with Crippen LogP contribution in [-0.4, -0.2) is 38.4 Å². The van der Waals surface area contributed by atoms with E-state index in [2.05, 4.69) is 15.2 Å². The fourth-order valence-corrected chi connectivity index (χ4v) is 3.35. The summed E-state index contributed by atoms with van der Waals surface area (Å²) in [4.78, 5) is 14.5. The average Bonchev–Trinajstić information content (AvgIpc) is 3.09. The van der Waals surface area contributed by atoms with Crippen molar-refractivity contribution < 1.29 is 4.79 Å². The first-order chi connectivity index (χ1) is 11.6. The van der Waals surface area contributed by atoms with E-state index in [0.29, 0.717) is 6.04 Å². The number of carbonyl (C=O) groups is 1. The van der Waals surface area contributed by atoms with Crippen LogP contribution in [0.4, 0.5) is 0 Å². The van der Waals surface area contributed by atoms with E-state index in [1.807, 2.05) is 55.1 Å². The molecule has 1 aliphatic heterocycles. The zero-order valence-electron chi connectivity index (χ0n) is 14.6. The van der Waals surface area contributed by atoms with Crippen molar-refractivity contribution in [3.05, 3.63) is 36.5 Å². The largest absolute Gasteiger partial charge is 0.339 e. The molecule has 0 saturated carbocycles. The van der Waals surface area contributed by atoms with Gasteiger partial charge in [-0.1, -0.05) is 49.4 Å². The van der Waals surface area contributed by atoms with E-state index in [9.17, 15) is 4.79 Å². The van der Waals surface area contributed by atoms with Crippen LogP contribution in [0, 0.1) is 5.92 Å². The molecule has 3 rings (SSSR count). The van der Waals surface area contributed by atoms with Gasteiger partial charge in [0.1, 0.15) is 5.69 Å². The van der Waals surface area contributed by atoms with Gasteiger partial charge in [0.2, 0.25) is 5.91 Å². The van der Waals surface area contributed by atoms with Crippen LogP contribution in [0.2, 0.25) is 0 Å². The molecular weight excluding hydrogens is 300 g/mol. The summed E-state index contributed by atoms with van der Waals surface area (Å²) >= 11 is 0. The van der Waals surface area contributed by atoms with Gasteiger partial charge in [0.05, 0.1) is 6.20 Å². The lowest BCUT2D eigenvalue weighted by molar-refractivity contribution is -0.138. The van der Waals surface area contributed by atoms with Gasteiger partial charge in [0, 0.05) is 30.6 Å². The monoisotopic (exact) mass is 326 g/mol. The molecular formula is C19H26N4O. The standard InChI is InChI=1S/C19H26N4O/c1-15(2)19(24)23-12-7-6-10-17(23)11-13-22-14-18(20-21-22)16-8-4-3-5-9-16/h3-5,8-9,14-15,17H,6-7,10-13H2,1-2H3. The van der Waals surface area contributed by atoms with Crippen LogP contribution in [0.3, 0.4) is 0 Å². The molecule has 1 saturated heterocycles. The van der Waals surface area contributed by atoms with E-state index in [0.717, 1.165) is 43.6 Å². The molecule has 2 heterocycles. The third-order valence-electron chi connectivity index (χ3n) is 4.70. The van der Waals surface area contributed by atoms with Crippen LogP contribution in [0.5, 0.6) is 0 Å². The number of carbonyl (C=O) groups excluding carboxylic acids is 1. The van der Waals surface area contributed by atoms with Crippen molar-refractivity contribution >= 4 is 5.91 Å². The molecule has 1 aromatic carbocycles. The highest BCUT2D eigenvalue weighted by Gasteiger charge is 2.27. The second kappa shape index (κ2) is 7.60. The summed E-state index contributed by atoms with van der Waals surface area (Å²) in [6, 6.07) is 10.4. The first kappa shape index (κ1) is 16.7. The molecule has 0 bridgehead atoms. The zero-order valence-corrected chi connectivity index (χ0v) is 14.6. The van der Waals surface area contributed by atoms with Crippen molar-refractivity contribution in [2.45, 2.75) is 52.1 Å². The lowest BCUT2D eigenvalue weighted by Crippen LogP contribution is -2.46. The van der Waals surface area contributed by atoms with Gasteiger partial charge in [-0.15, -0.1) is 5.10 Å². The quantitative estimate of drug-likeness (QED) is 0.846. The number of benzene rings is 1. The number of amides is 1. The Morgan fingerprint density at radius 2 is 2.04 bits per heavy atom. The fraction of sp³-hybridized carbons (Fsp3) is 0.526. The normalized spacial score (nSPS) is 18.1. The van der Waals surface area contributed by atoms with Gasteiger partial charge in [0.25, 0.3) is 0 Å². The maximum Gasteiger partial charge on any atom is 0.225 e. The number of hydrogen-bond donors (Lipinski definition) is 0. The predicted molar refractivity (Wildman–Crippen MR) is 94.3 cm³/mol. The Labute approximate surface area is 143 Å². The van der Waals surface area contributed by atoms with Crippen molar-refractivity contribution in [2.75, 3.05) is 6.54 Å². The van der Waals surface area contributed by atoms with Crippen molar-refractivity contribution in [1.29, 1.82) is 0 Å². The maximum absolute atomic E-state index is 12.4. The second-order valence-electron chi connectivity index (χ2n) is 6.86. The van der Waals surface area contributed by atoms with E-state index in [-0.39, 0.29) is 11.8 Å². The highest BCUT2D eigenvalue weighted by molar-refractivity contribution is 5.78. The average molecular weight is 326 g/mol. The van der Waals surface area contributed by atoms with Gasteiger partial charge >= 0.3 is 0 Å². The number of aromatic nitrogens is 3. The number of piperidine rings is 1. The summed E-state index contributed by atoms with van der Waals surface area (Å²) in [5.74, 6) is 0.352. The van der Waals surface area contributed by atoms with Crippen LogP contribution in [-0.2, 0) is 11.3 Å². The minimum Gasteiger partial charge on any atom is -0.339 e. The molecule has 1 aromatic heterocycles. The van der Waals surface area contributed by atoms with Crippen LogP contribution < -0.4 is 0 Å². The Morgan fingerprint density at radius 3 is 2.79 bits per heavy atom. The summed E-state index contributed by atoms with van der Waals surface area (Å²) < 4.78 is 1.90. The highest BCUT2D eigenvalue weighted by atomic mass is 16.2. The predicted octanol–water partition coefficient (Wildman–Crippen LogP) is 3.37. The van der Waals surface area contributed by atoms with Crippen LogP contribution in [0.25, 0.3) is 11.3 Å². The van der Waals surface area contributed by atoms with Gasteiger partial charge in [-0.25, -0.2) is 0 Å². The SMILES string of the molecule is CC(C)C(=O)N1CCCCC1CCn1cc(-c2ccccc2)nn1. The smallest absolute Gasteiger partial charge is 0.225 e. The van der Waals surface area contributed by atoms with E-state index < -0.39 is 0 Å². The molecule has 24 heavy (non-hydrogen) atoms. The van der Waals surface area contributed by atoms with Gasteiger partial charge in [0.15, 0.2) is 0 Å². The molecule has 0 aliphatic carbocycles. The number of nitrogens with zero attached hydrogens (tertiary/aromatic N) is 4. The molecule has 1 amide bonds. The third-order valence-corrected chi connectivity index (χ3v) is 4.70. The number of rotatable bonds is 5. The maximum atomic E-state index is 12.4. The van der Waals surface area contributed by atoms with Crippen LogP contribution >= 0.6 is 0 Å². The van der Waals surface area contributed by atoms with Gasteiger partial charge < -0.3 is 4.90 Å². The van der Waals surface area contributed by atoms with E-state index in [1.54, 1.807) is 0 Å². The second-order valence-corrected chi connectivity index (χ2v) is 6.86. The molecule has 128 valence electrons. The van der Waals surface area contributed by atoms with Crippen molar-refractivity contribution in [3.63, 3.8) is 0 Å². The zero-order chi connectivity index (χ0) is 16.9. The first-order valence-corrected chi connectivity index (χ1v) is 8.91. The molecule has 0 spiro atoms.